The van der Waals surface area contributed by atoms with Crippen LogP contribution >= 0.6 is 31.9 Å². The van der Waals surface area contributed by atoms with Crippen molar-refractivity contribution in [2.45, 2.75) is 12.8 Å². The van der Waals surface area contributed by atoms with Gasteiger partial charge in [0.05, 0.1) is 5.56 Å². The highest BCUT2D eigenvalue weighted by atomic mass is 79.9. The molecule has 1 fully saturated rings. The van der Waals surface area contributed by atoms with Crippen molar-refractivity contribution >= 4 is 43.6 Å². The van der Waals surface area contributed by atoms with Crippen molar-refractivity contribution in [2.75, 3.05) is 13.1 Å². The number of piperidine rings is 1. The number of halogens is 2. The Labute approximate surface area is 134 Å². The molecule has 0 aromatic heterocycles. The first-order chi connectivity index (χ1) is 9.52. The minimum Gasteiger partial charge on any atom is -0.409 e. The highest BCUT2D eigenvalue weighted by Crippen LogP contribution is 2.25. The Morgan fingerprint density at radius 1 is 1.45 bits per heavy atom. The number of oxime groups is 1. The molecule has 0 spiro atoms. The predicted octanol–water partition coefficient (Wildman–Crippen LogP) is 2.81. The molecule has 1 saturated heterocycles. The minimum absolute atomic E-state index is 0.0476. The molecule has 1 aromatic carbocycles. The molecule has 0 bridgehead atoms. The van der Waals surface area contributed by atoms with Gasteiger partial charge in [-0.2, -0.15) is 0 Å². The molecule has 1 aliphatic rings. The summed E-state index contributed by atoms with van der Waals surface area (Å²) >= 11 is 6.77. The molecular formula is C13H15Br2N3O2. The van der Waals surface area contributed by atoms with Gasteiger partial charge in [-0.15, -0.1) is 0 Å². The molecule has 3 N–H and O–H groups in total. The molecule has 5 nitrogen and oxygen atoms in total. The number of hydrogen-bond acceptors (Lipinski definition) is 3. The molecule has 0 radical (unpaired) electrons. The van der Waals surface area contributed by atoms with Crippen LogP contribution in [0, 0.1) is 5.92 Å². The Bertz CT molecular complexity index is 548. The summed E-state index contributed by atoms with van der Waals surface area (Å²) in [5, 5.41) is 11.8. The number of nitrogens with zero attached hydrogens (tertiary/aromatic N) is 2. The number of carbonyl (C=O) groups excluding carboxylic acids is 1. The second-order valence-corrected chi connectivity index (χ2v) is 6.51. The van der Waals surface area contributed by atoms with E-state index in [1.165, 1.54) is 0 Å². The second-order valence-electron chi connectivity index (χ2n) is 4.74. The molecule has 20 heavy (non-hydrogen) atoms. The lowest BCUT2D eigenvalue weighted by atomic mass is 9.96. The maximum atomic E-state index is 12.6. The highest BCUT2D eigenvalue weighted by molar-refractivity contribution is 9.11. The summed E-state index contributed by atoms with van der Waals surface area (Å²) in [6.07, 6.45) is 1.68. The molecule has 1 unspecified atom stereocenters. The zero-order chi connectivity index (χ0) is 14.7. The molecular weight excluding hydrogens is 390 g/mol. The number of amides is 1. The van der Waals surface area contributed by atoms with Crippen LogP contribution in [0.2, 0.25) is 0 Å². The highest BCUT2D eigenvalue weighted by Gasteiger charge is 2.27. The Balaban J connectivity index is 2.18. The monoisotopic (exact) mass is 403 g/mol. The van der Waals surface area contributed by atoms with Gasteiger partial charge in [0.1, 0.15) is 5.84 Å². The third-order valence-electron chi connectivity index (χ3n) is 3.40. The van der Waals surface area contributed by atoms with Crippen molar-refractivity contribution in [3.8, 4) is 0 Å². The first-order valence-electron chi connectivity index (χ1n) is 6.24. The van der Waals surface area contributed by atoms with Gasteiger partial charge >= 0.3 is 0 Å². The van der Waals surface area contributed by atoms with E-state index in [-0.39, 0.29) is 17.7 Å². The van der Waals surface area contributed by atoms with Crippen molar-refractivity contribution in [2.24, 2.45) is 16.8 Å². The molecule has 1 aromatic rings. The summed E-state index contributed by atoms with van der Waals surface area (Å²) < 4.78 is 1.62. The van der Waals surface area contributed by atoms with E-state index in [4.69, 9.17) is 10.9 Å². The summed E-state index contributed by atoms with van der Waals surface area (Å²) in [4.78, 5) is 14.3. The van der Waals surface area contributed by atoms with Crippen LogP contribution in [0.15, 0.2) is 32.3 Å². The fourth-order valence-corrected chi connectivity index (χ4v) is 3.09. The van der Waals surface area contributed by atoms with Crippen molar-refractivity contribution in [1.29, 1.82) is 0 Å². The van der Waals surface area contributed by atoms with E-state index in [0.717, 1.165) is 21.8 Å². The Hall–Kier alpha value is -1.08. The van der Waals surface area contributed by atoms with Crippen molar-refractivity contribution in [3.63, 3.8) is 0 Å². The lowest BCUT2D eigenvalue weighted by Crippen LogP contribution is -2.44. The van der Waals surface area contributed by atoms with Gasteiger partial charge < -0.3 is 15.8 Å². The van der Waals surface area contributed by atoms with Crippen LogP contribution < -0.4 is 5.73 Å². The summed E-state index contributed by atoms with van der Waals surface area (Å²) in [5.74, 6) is 0.0630. The first kappa shape index (κ1) is 15.3. The van der Waals surface area contributed by atoms with Gasteiger partial charge in [0.25, 0.3) is 5.91 Å². The predicted molar refractivity (Wildman–Crippen MR) is 83.9 cm³/mol. The largest absolute Gasteiger partial charge is 0.409 e. The van der Waals surface area contributed by atoms with Gasteiger partial charge in [-0.1, -0.05) is 21.1 Å². The average molecular weight is 405 g/mol. The molecule has 0 saturated carbocycles. The van der Waals surface area contributed by atoms with Crippen molar-refractivity contribution in [3.05, 3.63) is 32.7 Å². The standard InChI is InChI=1S/C13H15Br2N3O2/c14-9-3-4-11(15)10(6-9)13(19)18-5-1-2-8(7-18)12(16)17-20/h3-4,6,8,20H,1-2,5,7H2,(H2,16,17). The zero-order valence-corrected chi connectivity index (χ0v) is 13.9. The quantitative estimate of drug-likeness (QED) is 0.344. The van der Waals surface area contributed by atoms with Crippen LogP contribution in [-0.2, 0) is 0 Å². The molecule has 2 rings (SSSR count). The lowest BCUT2D eigenvalue weighted by molar-refractivity contribution is 0.0700. The third-order valence-corrected chi connectivity index (χ3v) is 4.59. The lowest BCUT2D eigenvalue weighted by Gasteiger charge is -2.32. The van der Waals surface area contributed by atoms with E-state index >= 15 is 0 Å². The summed E-state index contributed by atoms with van der Waals surface area (Å²) in [6.45, 7) is 1.17. The zero-order valence-electron chi connectivity index (χ0n) is 10.7. The number of hydrogen-bond donors (Lipinski definition) is 2. The SMILES string of the molecule is N/C(=N/O)C1CCCN(C(=O)c2cc(Br)ccc2Br)C1. The Kier molecular flexibility index (Phi) is 5.04. The molecule has 1 amide bonds. The van der Waals surface area contributed by atoms with E-state index in [9.17, 15) is 4.79 Å². The second kappa shape index (κ2) is 6.58. The molecule has 7 heteroatoms. The Morgan fingerprint density at radius 2 is 2.20 bits per heavy atom. The van der Waals surface area contributed by atoms with Crippen molar-refractivity contribution in [1.82, 2.24) is 4.90 Å². The molecule has 108 valence electrons. The van der Waals surface area contributed by atoms with Crippen LogP contribution in [0.5, 0.6) is 0 Å². The van der Waals surface area contributed by atoms with E-state index in [2.05, 4.69) is 37.0 Å². The normalized spacial score (nSPS) is 20.0. The van der Waals surface area contributed by atoms with E-state index in [1.54, 1.807) is 11.0 Å². The van der Waals surface area contributed by atoms with E-state index in [1.807, 2.05) is 12.1 Å². The topological polar surface area (TPSA) is 78.9 Å². The minimum atomic E-state index is -0.0800. The Morgan fingerprint density at radius 3 is 2.90 bits per heavy atom. The number of amidine groups is 1. The van der Waals surface area contributed by atoms with Gasteiger partial charge in [0.2, 0.25) is 0 Å². The molecule has 1 heterocycles. The fraction of sp³-hybridized carbons (Fsp3) is 0.385. The number of rotatable bonds is 2. The van der Waals surface area contributed by atoms with Gasteiger partial charge in [-0.25, -0.2) is 0 Å². The smallest absolute Gasteiger partial charge is 0.255 e. The first-order valence-corrected chi connectivity index (χ1v) is 7.83. The van der Waals surface area contributed by atoms with Gasteiger partial charge in [-0.3, -0.25) is 4.79 Å². The fourth-order valence-electron chi connectivity index (χ4n) is 2.32. The van der Waals surface area contributed by atoms with Crippen LogP contribution in [0.4, 0.5) is 0 Å². The van der Waals surface area contributed by atoms with Gasteiger partial charge in [0.15, 0.2) is 0 Å². The summed E-state index contributed by atoms with van der Waals surface area (Å²) in [7, 11) is 0. The average Bonchev–Trinajstić information content (AvgIpc) is 2.48. The third kappa shape index (κ3) is 3.32. The van der Waals surface area contributed by atoms with Crippen LogP contribution in [0.25, 0.3) is 0 Å². The van der Waals surface area contributed by atoms with Crippen molar-refractivity contribution < 1.29 is 10.0 Å². The van der Waals surface area contributed by atoms with E-state index in [0.29, 0.717) is 18.7 Å². The molecule has 1 aliphatic heterocycles. The van der Waals surface area contributed by atoms with Crippen LogP contribution in [0.1, 0.15) is 23.2 Å². The number of likely N-dealkylation sites (tertiary alicyclic amines) is 1. The number of nitrogens with two attached hydrogens (primary N) is 1. The summed E-state index contributed by atoms with van der Waals surface area (Å²) in [5.41, 5.74) is 6.26. The number of benzene rings is 1. The number of carbonyl (C=O) groups is 1. The van der Waals surface area contributed by atoms with Gasteiger partial charge in [-0.05, 0) is 47.0 Å². The van der Waals surface area contributed by atoms with Crippen LogP contribution in [-0.4, -0.2) is 34.9 Å². The van der Waals surface area contributed by atoms with Gasteiger partial charge in [0, 0.05) is 28.0 Å². The molecule has 1 atom stereocenters. The summed E-state index contributed by atoms with van der Waals surface area (Å²) in [6, 6.07) is 5.50. The van der Waals surface area contributed by atoms with Crippen LogP contribution in [0.3, 0.4) is 0 Å². The molecule has 0 aliphatic carbocycles. The maximum Gasteiger partial charge on any atom is 0.255 e. The van der Waals surface area contributed by atoms with E-state index < -0.39 is 0 Å². The maximum absolute atomic E-state index is 12.6.